The molecule has 2 aromatic carbocycles. The molecule has 0 radical (unpaired) electrons. The van der Waals surface area contributed by atoms with Crippen LogP contribution in [0.2, 0.25) is 0 Å². The number of aliphatic hydroxyl groups excluding tert-OH is 2. The van der Waals surface area contributed by atoms with Gasteiger partial charge in [0.05, 0.1) is 31.9 Å². The summed E-state index contributed by atoms with van der Waals surface area (Å²) in [4.78, 5) is 4.17. The molecule has 0 aliphatic carbocycles. The molecule has 7 heteroatoms. The molecular weight excluding hydrogens is 406 g/mol. The number of aromatic nitrogens is 2. The molecule has 4 rings (SSSR count). The van der Waals surface area contributed by atoms with Crippen molar-refractivity contribution in [3.63, 3.8) is 0 Å². The predicted octanol–water partition coefficient (Wildman–Crippen LogP) is 2.96. The molecule has 3 aromatic rings. The Kier molecular flexibility index (Phi) is 7.02. The van der Waals surface area contributed by atoms with Gasteiger partial charge in [0.15, 0.2) is 0 Å². The van der Waals surface area contributed by atoms with E-state index in [1.807, 2.05) is 48.6 Å². The standard InChI is InChI=1S/C25H29N3O4/c1-17(30)25-27-12-13-28(25)21(14-29)9-4-18-2-5-19(6-3-18)20-7-10-22(11-8-20)32-24-16-31-15-23(24)26/h2-13,17,21,23-24,29-30H,14-16,26H2,1H3/b9-4+/t17?,21?,23-,24-/m1/s1. The number of rotatable bonds is 8. The summed E-state index contributed by atoms with van der Waals surface area (Å²) in [5.41, 5.74) is 9.18. The van der Waals surface area contributed by atoms with Crippen molar-refractivity contribution in [2.75, 3.05) is 19.8 Å². The molecule has 7 nitrogen and oxygen atoms in total. The Morgan fingerprint density at radius 2 is 1.84 bits per heavy atom. The van der Waals surface area contributed by atoms with Crippen molar-refractivity contribution in [1.82, 2.24) is 9.55 Å². The second kappa shape index (κ2) is 10.1. The van der Waals surface area contributed by atoms with Gasteiger partial charge in [-0.1, -0.05) is 48.6 Å². The van der Waals surface area contributed by atoms with Gasteiger partial charge in [-0.3, -0.25) is 0 Å². The van der Waals surface area contributed by atoms with Gasteiger partial charge in [0, 0.05) is 12.4 Å². The van der Waals surface area contributed by atoms with Gasteiger partial charge in [0.2, 0.25) is 0 Å². The van der Waals surface area contributed by atoms with E-state index in [0.29, 0.717) is 19.0 Å². The minimum absolute atomic E-state index is 0.0863. The first kappa shape index (κ1) is 22.2. The molecule has 0 bridgehead atoms. The SMILES string of the molecule is CC(O)c1nccn1C(/C=C/c1ccc(-c2ccc(O[C@@H]3COC[C@H]3N)cc2)cc1)CO. The van der Waals surface area contributed by atoms with E-state index in [2.05, 4.69) is 17.1 Å². The van der Waals surface area contributed by atoms with Gasteiger partial charge in [-0.05, 0) is 35.7 Å². The van der Waals surface area contributed by atoms with E-state index in [1.165, 1.54) is 0 Å². The van der Waals surface area contributed by atoms with Crippen molar-refractivity contribution in [1.29, 1.82) is 0 Å². The van der Waals surface area contributed by atoms with Gasteiger partial charge >= 0.3 is 0 Å². The van der Waals surface area contributed by atoms with Gasteiger partial charge in [0.25, 0.3) is 0 Å². The predicted molar refractivity (Wildman–Crippen MR) is 123 cm³/mol. The van der Waals surface area contributed by atoms with Crippen LogP contribution in [-0.4, -0.2) is 51.7 Å². The summed E-state index contributed by atoms with van der Waals surface area (Å²) in [5.74, 6) is 1.31. The maximum absolute atomic E-state index is 9.85. The van der Waals surface area contributed by atoms with Crippen LogP contribution in [0.3, 0.4) is 0 Å². The zero-order chi connectivity index (χ0) is 22.5. The third kappa shape index (κ3) is 5.08. The number of hydrogen-bond donors (Lipinski definition) is 3. The lowest BCUT2D eigenvalue weighted by atomic mass is 10.0. The average molecular weight is 436 g/mol. The van der Waals surface area contributed by atoms with E-state index < -0.39 is 6.10 Å². The number of ether oxygens (including phenoxy) is 2. The number of nitrogens with two attached hydrogens (primary N) is 1. The average Bonchev–Trinajstić information content (AvgIpc) is 3.45. The molecule has 1 saturated heterocycles. The van der Waals surface area contributed by atoms with E-state index >= 15 is 0 Å². The number of hydrogen-bond acceptors (Lipinski definition) is 6. The summed E-state index contributed by atoms with van der Waals surface area (Å²) in [6.07, 6.45) is 6.45. The van der Waals surface area contributed by atoms with Gasteiger partial charge in [-0.2, -0.15) is 0 Å². The fraction of sp³-hybridized carbons (Fsp3) is 0.320. The Morgan fingerprint density at radius 1 is 1.16 bits per heavy atom. The molecule has 2 unspecified atom stereocenters. The summed E-state index contributed by atoms with van der Waals surface area (Å²) >= 11 is 0. The quantitative estimate of drug-likeness (QED) is 0.503. The van der Waals surface area contributed by atoms with Crippen LogP contribution in [0.15, 0.2) is 67.0 Å². The lowest BCUT2D eigenvalue weighted by Crippen LogP contribution is -2.37. The van der Waals surface area contributed by atoms with Crippen molar-refractivity contribution in [2.45, 2.75) is 31.2 Å². The summed E-state index contributed by atoms with van der Waals surface area (Å²) in [6, 6.07) is 15.7. The first-order valence-corrected chi connectivity index (χ1v) is 10.8. The molecule has 0 saturated carbocycles. The number of nitrogens with zero attached hydrogens (tertiary/aromatic N) is 2. The third-order valence-corrected chi connectivity index (χ3v) is 5.58. The van der Waals surface area contributed by atoms with E-state index in [9.17, 15) is 10.2 Å². The Labute approximate surface area is 187 Å². The van der Waals surface area contributed by atoms with Crippen LogP contribution in [0.25, 0.3) is 17.2 Å². The molecule has 1 aliphatic rings. The first-order valence-electron chi connectivity index (χ1n) is 10.8. The van der Waals surface area contributed by atoms with E-state index in [4.69, 9.17) is 15.2 Å². The van der Waals surface area contributed by atoms with Gasteiger partial charge < -0.3 is 30.0 Å². The highest BCUT2D eigenvalue weighted by Crippen LogP contribution is 2.25. The topological polar surface area (TPSA) is 103 Å². The van der Waals surface area contributed by atoms with E-state index in [-0.39, 0.29) is 24.8 Å². The number of aliphatic hydroxyl groups is 2. The molecule has 1 fully saturated rings. The van der Waals surface area contributed by atoms with Crippen molar-refractivity contribution in [3.05, 3.63) is 78.4 Å². The zero-order valence-corrected chi connectivity index (χ0v) is 18.0. The van der Waals surface area contributed by atoms with Crippen LogP contribution < -0.4 is 10.5 Å². The molecule has 4 atom stereocenters. The molecule has 1 aromatic heterocycles. The first-order chi connectivity index (χ1) is 15.5. The minimum Gasteiger partial charge on any atom is -0.486 e. The molecule has 2 heterocycles. The third-order valence-electron chi connectivity index (χ3n) is 5.58. The maximum atomic E-state index is 9.85. The molecule has 4 N–H and O–H groups in total. The highest BCUT2D eigenvalue weighted by atomic mass is 16.5. The van der Waals surface area contributed by atoms with Crippen molar-refractivity contribution >= 4 is 6.08 Å². The number of imidazole rings is 1. The smallest absolute Gasteiger partial charge is 0.139 e. The monoisotopic (exact) mass is 435 g/mol. The Balaban J connectivity index is 1.41. The van der Waals surface area contributed by atoms with Gasteiger partial charge in [-0.15, -0.1) is 0 Å². The molecule has 32 heavy (non-hydrogen) atoms. The van der Waals surface area contributed by atoms with Crippen LogP contribution in [0.5, 0.6) is 5.75 Å². The molecule has 168 valence electrons. The van der Waals surface area contributed by atoms with Crippen molar-refractivity contribution in [2.24, 2.45) is 5.73 Å². The molecular formula is C25H29N3O4. The van der Waals surface area contributed by atoms with E-state index in [1.54, 1.807) is 23.9 Å². The summed E-state index contributed by atoms with van der Waals surface area (Å²) < 4.78 is 13.0. The normalized spacial score (nSPS) is 20.5. The van der Waals surface area contributed by atoms with Crippen LogP contribution in [0.4, 0.5) is 0 Å². The van der Waals surface area contributed by atoms with Crippen LogP contribution in [0, 0.1) is 0 Å². The van der Waals surface area contributed by atoms with Crippen LogP contribution in [-0.2, 0) is 4.74 Å². The lowest BCUT2D eigenvalue weighted by molar-refractivity contribution is 0.140. The highest BCUT2D eigenvalue weighted by Gasteiger charge is 2.26. The highest BCUT2D eigenvalue weighted by molar-refractivity contribution is 5.66. The van der Waals surface area contributed by atoms with Crippen LogP contribution >= 0.6 is 0 Å². The minimum atomic E-state index is -0.702. The van der Waals surface area contributed by atoms with Crippen LogP contribution in [0.1, 0.15) is 30.5 Å². The fourth-order valence-electron chi connectivity index (χ4n) is 3.75. The Hall–Kier alpha value is -2.97. The van der Waals surface area contributed by atoms with Crippen molar-refractivity contribution < 1.29 is 19.7 Å². The second-order valence-corrected chi connectivity index (χ2v) is 7.98. The second-order valence-electron chi connectivity index (χ2n) is 7.98. The fourth-order valence-corrected chi connectivity index (χ4v) is 3.75. The van der Waals surface area contributed by atoms with E-state index in [0.717, 1.165) is 22.4 Å². The van der Waals surface area contributed by atoms with Gasteiger partial charge in [0.1, 0.15) is 23.8 Å². The largest absolute Gasteiger partial charge is 0.486 e. The summed E-state index contributed by atoms with van der Waals surface area (Å²) in [6.45, 7) is 2.63. The maximum Gasteiger partial charge on any atom is 0.139 e. The Morgan fingerprint density at radius 3 is 2.44 bits per heavy atom. The van der Waals surface area contributed by atoms with Gasteiger partial charge in [-0.25, -0.2) is 4.98 Å². The zero-order valence-electron chi connectivity index (χ0n) is 18.0. The summed E-state index contributed by atoms with van der Waals surface area (Å²) in [7, 11) is 0. The lowest BCUT2D eigenvalue weighted by Gasteiger charge is -2.16. The number of benzene rings is 2. The molecule has 1 aliphatic heterocycles. The Bertz CT molecular complexity index is 1030. The van der Waals surface area contributed by atoms with Crippen molar-refractivity contribution in [3.8, 4) is 16.9 Å². The molecule has 0 spiro atoms. The summed E-state index contributed by atoms with van der Waals surface area (Å²) in [5, 5.41) is 19.6. The molecule has 0 amide bonds.